The van der Waals surface area contributed by atoms with Crippen LogP contribution in [0, 0.1) is 0 Å². The summed E-state index contributed by atoms with van der Waals surface area (Å²) in [5.74, 6) is 0. The normalized spacial score (nSPS) is 10.9. The Balaban J connectivity index is 2.33. The first-order chi connectivity index (χ1) is 7.16. The first-order valence-corrected chi connectivity index (χ1v) is 5.91. The highest BCUT2D eigenvalue weighted by Gasteiger charge is 2.10. The van der Waals surface area contributed by atoms with Crippen molar-refractivity contribution in [2.75, 3.05) is 0 Å². The highest BCUT2D eigenvalue weighted by atomic mass is 79.9. The summed E-state index contributed by atoms with van der Waals surface area (Å²) in [6.45, 7) is 0. The van der Waals surface area contributed by atoms with Crippen molar-refractivity contribution in [3.63, 3.8) is 0 Å². The zero-order chi connectivity index (χ0) is 10.8. The second kappa shape index (κ2) is 4.41. The summed E-state index contributed by atoms with van der Waals surface area (Å²) in [5.41, 5.74) is 0.968. The van der Waals surface area contributed by atoms with Crippen molar-refractivity contribution in [3.8, 4) is 10.4 Å². The van der Waals surface area contributed by atoms with E-state index in [1.54, 1.807) is 6.07 Å². The summed E-state index contributed by atoms with van der Waals surface area (Å²) in [7, 11) is 0. The van der Waals surface area contributed by atoms with Gasteiger partial charge in [-0.1, -0.05) is 28.1 Å². The maximum Gasteiger partial charge on any atom is 0.272 e. The van der Waals surface area contributed by atoms with Gasteiger partial charge in [-0.25, -0.2) is 8.78 Å². The van der Waals surface area contributed by atoms with Crippen molar-refractivity contribution in [3.05, 3.63) is 45.7 Å². The van der Waals surface area contributed by atoms with Crippen molar-refractivity contribution in [2.24, 2.45) is 0 Å². The van der Waals surface area contributed by atoms with Crippen LogP contribution in [0.15, 0.2) is 40.9 Å². The van der Waals surface area contributed by atoms with Gasteiger partial charge in [0.15, 0.2) is 0 Å². The molecule has 1 heterocycles. The van der Waals surface area contributed by atoms with Crippen LogP contribution >= 0.6 is 27.3 Å². The molecule has 2 aromatic rings. The third kappa shape index (κ3) is 2.44. The topological polar surface area (TPSA) is 0 Å². The molecule has 0 spiro atoms. The predicted octanol–water partition coefficient (Wildman–Crippen LogP) is 5.12. The van der Waals surface area contributed by atoms with Gasteiger partial charge >= 0.3 is 0 Å². The average Bonchev–Trinajstić information content (AvgIpc) is 2.68. The molecule has 1 aromatic heterocycles. The third-order valence-corrected chi connectivity index (χ3v) is 3.64. The Hall–Kier alpha value is -0.740. The second-order valence-corrected chi connectivity index (χ2v) is 5.04. The number of benzene rings is 1. The van der Waals surface area contributed by atoms with Crippen molar-refractivity contribution in [2.45, 2.75) is 6.43 Å². The molecule has 0 unspecified atom stereocenters. The van der Waals surface area contributed by atoms with Crippen LogP contribution in [0.1, 0.15) is 11.3 Å². The Kier molecular flexibility index (Phi) is 3.17. The molecule has 1 aromatic carbocycles. The zero-order valence-electron chi connectivity index (χ0n) is 7.58. The highest BCUT2D eigenvalue weighted by Crippen LogP contribution is 2.33. The fraction of sp³-hybridized carbons (Fsp3) is 0.0909. The molecule has 0 nitrogen and oxygen atoms in total. The molecule has 0 aliphatic heterocycles. The van der Waals surface area contributed by atoms with Crippen molar-refractivity contribution >= 4 is 27.3 Å². The van der Waals surface area contributed by atoms with E-state index >= 15 is 0 Å². The van der Waals surface area contributed by atoms with Gasteiger partial charge in [0.05, 0.1) is 4.88 Å². The van der Waals surface area contributed by atoms with Crippen LogP contribution in [0.3, 0.4) is 0 Å². The van der Waals surface area contributed by atoms with E-state index in [4.69, 9.17) is 0 Å². The van der Waals surface area contributed by atoms with Gasteiger partial charge in [-0.3, -0.25) is 0 Å². The monoisotopic (exact) mass is 288 g/mol. The lowest BCUT2D eigenvalue weighted by Gasteiger charge is -1.97. The number of alkyl halides is 2. The number of thiophene rings is 1. The number of rotatable bonds is 2. The van der Waals surface area contributed by atoms with E-state index in [1.807, 2.05) is 24.3 Å². The molecule has 0 aliphatic carbocycles. The SMILES string of the molecule is FC(F)c1ccc(-c2ccc(Br)cc2)s1. The summed E-state index contributed by atoms with van der Waals surface area (Å²) in [6.07, 6.45) is -2.38. The lowest BCUT2D eigenvalue weighted by molar-refractivity contribution is 0.155. The van der Waals surface area contributed by atoms with Gasteiger partial charge in [0.2, 0.25) is 0 Å². The van der Waals surface area contributed by atoms with Crippen LogP contribution in [-0.2, 0) is 0 Å². The lowest BCUT2D eigenvalue weighted by Crippen LogP contribution is -1.73. The van der Waals surface area contributed by atoms with Gasteiger partial charge in [-0.15, -0.1) is 11.3 Å². The van der Waals surface area contributed by atoms with E-state index in [-0.39, 0.29) is 4.88 Å². The quantitative estimate of drug-likeness (QED) is 0.720. The maximum atomic E-state index is 12.4. The largest absolute Gasteiger partial charge is 0.272 e. The molecule has 0 amide bonds. The zero-order valence-corrected chi connectivity index (χ0v) is 9.99. The van der Waals surface area contributed by atoms with E-state index in [2.05, 4.69) is 15.9 Å². The minimum absolute atomic E-state index is 0.118. The summed E-state index contributed by atoms with van der Waals surface area (Å²) >= 11 is 4.46. The molecule has 4 heteroatoms. The first kappa shape index (κ1) is 10.8. The van der Waals surface area contributed by atoms with Gasteiger partial charge in [0, 0.05) is 9.35 Å². The van der Waals surface area contributed by atoms with Gasteiger partial charge in [-0.05, 0) is 29.8 Å². The molecule has 0 saturated carbocycles. The summed E-state index contributed by atoms with van der Waals surface area (Å²) in [4.78, 5) is 0.991. The molecular formula is C11H7BrF2S. The van der Waals surface area contributed by atoms with Gasteiger partial charge in [-0.2, -0.15) is 0 Å². The molecule has 0 atom stereocenters. The average molecular weight is 289 g/mol. The van der Waals surface area contributed by atoms with Crippen LogP contribution < -0.4 is 0 Å². The molecular weight excluding hydrogens is 282 g/mol. The Morgan fingerprint density at radius 1 is 1.00 bits per heavy atom. The van der Waals surface area contributed by atoms with Gasteiger partial charge in [0.25, 0.3) is 6.43 Å². The predicted molar refractivity (Wildman–Crippen MR) is 62.4 cm³/mol. The van der Waals surface area contributed by atoms with Crippen molar-refractivity contribution in [1.82, 2.24) is 0 Å². The van der Waals surface area contributed by atoms with E-state index in [9.17, 15) is 8.78 Å². The van der Waals surface area contributed by atoms with Gasteiger partial charge < -0.3 is 0 Å². The third-order valence-electron chi connectivity index (χ3n) is 1.97. The summed E-state index contributed by atoms with van der Waals surface area (Å²) in [6, 6.07) is 10.8. The smallest absolute Gasteiger partial charge is 0.204 e. The second-order valence-electron chi connectivity index (χ2n) is 3.01. The highest BCUT2D eigenvalue weighted by molar-refractivity contribution is 9.10. The minimum atomic E-state index is -2.38. The molecule has 0 fully saturated rings. The van der Waals surface area contributed by atoms with E-state index in [1.165, 1.54) is 6.07 Å². The number of hydrogen-bond acceptors (Lipinski definition) is 1. The Morgan fingerprint density at radius 2 is 1.67 bits per heavy atom. The Labute approximate surface area is 98.7 Å². The molecule has 0 bridgehead atoms. The molecule has 0 saturated heterocycles. The fourth-order valence-corrected chi connectivity index (χ4v) is 2.37. The van der Waals surface area contributed by atoms with Crippen LogP contribution in [-0.4, -0.2) is 0 Å². The van der Waals surface area contributed by atoms with E-state index in [0.717, 1.165) is 26.3 Å². The van der Waals surface area contributed by atoms with E-state index < -0.39 is 6.43 Å². The molecule has 78 valence electrons. The minimum Gasteiger partial charge on any atom is -0.204 e. The van der Waals surface area contributed by atoms with Crippen molar-refractivity contribution in [1.29, 1.82) is 0 Å². The van der Waals surface area contributed by atoms with Gasteiger partial charge in [0.1, 0.15) is 0 Å². The molecule has 0 N–H and O–H groups in total. The van der Waals surface area contributed by atoms with Crippen molar-refractivity contribution < 1.29 is 8.78 Å². The van der Waals surface area contributed by atoms with E-state index in [0.29, 0.717) is 0 Å². The Morgan fingerprint density at radius 3 is 2.20 bits per heavy atom. The maximum absolute atomic E-state index is 12.4. The fourth-order valence-electron chi connectivity index (χ4n) is 1.24. The molecule has 15 heavy (non-hydrogen) atoms. The standard InChI is InChI=1S/C11H7BrF2S/c12-8-3-1-7(2-4-8)9-5-6-10(15-9)11(13)14/h1-6,11H. The van der Waals surface area contributed by atoms with Crippen LogP contribution in [0.5, 0.6) is 0 Å². The Bertz CT molecular complexity index is 448. The summed E-state index contributed by atoms with van der Waals surface area (Å²) < 4.78 is 25.7. The molecule has 0 radical (unpaired) electrons. The van der Waals surface area contributed by atoms with Crippen LogP contribution in [0.2, 0.25) is 0 Å². The first-order valence-electron chi connectivity index (χ1n) is 4.30. The summed E-state index contributed by atoms with van der Waals surface area (Å²) in [5, 5.41) is 0. The number of hydrogen-bond donors (Lipinski definition) is 0. The molecule has 0 aliphatic rings. The molecule has 2 rings (SSSR count). The lowest BCUT2D eigenvalue weighted by atomic mass is 10.2. The number of halogens is 3. The van der Waals surface area contributed by atoms with Crippen LogP contribution in [0.25, 0.3) is 10.4 Å². The van der Waals surface area contributed by atoms with Crippen LogP contribution in [0.4, 0.5) is 8.78 Å².